The molecule has 0 fully saturated rings. The lowest BCUT2D eigenvalue weighted by Crippen LogP contribution is -2.37. The predicted molar refractivity (Wildman–Crippen MR) is 139 cm³/mol. The van der Waals surface area contributed by atoms with E-state index >= 15 is 0 Å². The Morgan fingerprint density at radius 2 is 1.77 bits per heavy atom. The molecule has 7 heteroatoms. The van der Waals surface area contributed by atoms with Crippen molar-refractivity contribution in [3.63, 3.8) is 0 Å². The van der Waals surface area contributed by atoms with Crippen LogP contribution in [-0.2, 0) is 18.3 Å². The minimum atomic E-state index is -0.597. The van der Waals surface area contributed by atoms with Gasteiger partial charge in [0.05, 0.1) is 31.0 Å². The second-order valence-electron chi connectivity index (χ2n) is 9.72. The van der Waals surface area contributed by atoms with Gasteiger partial charge >= 0.3 is 0 Å². The van der Waals surface area contributed by atoms with Crippen LogP contribution in [0.25, 0.3) is 11.3 Å². The summed E-state index contributed by atoms with van der Waals surface area (Å²) in [4.78, 5) is 2.23. The fourth-order valence-corrected chi connectivity index (χ4v) is 3.90. The number of aliphatic hydroxyl groups is 1. The second-order valence-corrected chi connectivity index (χ2v) is 9.72. The standard InChI is InChI=1S/C28H39N3O4/c1-7-16-31(18-22(32)20-34-28(2,3)4)19-25-26(21-12-9-8-10-13-21)29-30(5)27(25)35-24-15-11-14-23(17-24)33-6/h8-15,17,22,32H,7,16,18-20H2,1-6H3. The average molecular weight is 482 g/mol. The van der Waals surface area contributed by atoms with Crippen molar-refractivity contribution in [1.82, 2.24) is 14.7 Å². The maximum absolute atomic E-state index is 10.7. The van der Waals surface area contributed by atoms with Crippen molar-refractivity contribution in [3.05, 3.63) is 60.2 Å². The van der Waals surface area contributed by atoms with Crippen molar-refractivity contribution < 1.29 is 19.3 Å². The SMILES string of the molecule is CCCN(Cc1c(-c2ccccc2)nn(C)c1Oc1cccc(OC)c1)CC(O)COC(C)(C)C. The van der Waals surface area contributed by atoms with Gasteiger partial charge in [0, 0.05) is 31.8 Å². The molecule has 1 aromatic heterocycles. The Kier molecular flexibility index (Phi) is 9.32. The summed E-state index contributed by atoms with van der Waals surface area (Å²) in [6.07, 6.45) is 0.361. The molecule has 1 unspecified atom stereocenters. The number of methoxy groups -OCH3 is 1. The van der Waals surface area contributed by atoms with Crippen LogP contribution in [-0.4, -0.2) is 58.3 Å². The number of hydrogen-bond donors (Lipinski definition) is 1. The van der Waals surface area contributed by atoms with Crippen LogP contribution in [0.15, 0.2) is 54.6 Å². The monoisotopic (exact) mass is 481 g/mol. The number of nitrogens with zero attached hydrogens (tertiary/aromatic N) is 3. The number of rotatable bonds is 12. The minimum absolute atomic E-state index is 0.287. The Bertz CT molecular complexity index is 1060. The third kappa shape index (κ3) is 7.82. The fourth-order valence-electron chi connectivity index (χ4n) is 3.90. The topological polar surface area (TPSA) is 69.0 Å². The molecule has 0 aliphatic rings. The van der Waals surface area contributed by atoms with Gasteiger partial charge in [0.25, 0.3) is 0 Å². The van der Waals surface area contributed by atoms with Gasteiger partial charge in [-0.15, -0.1) is 0 Å². The quantitative estimate of drug-likeness (QED) is 0.380. The summed E-state index contributed by atoms with van der Waals surface area (Å²) >= 11 is 0. The van der Waals surface area contributed by atoms with E-state index in [4.69, 9.17) is 19.3 Å². The second kappa shape index (κ2) is 12.2. The summed E-state index contributed by atoms with van der Waals surface area (Å²) in [5.74, 6) is 2.07. The molecule has 1 N–H and O–H groups in total. The average Bonchev–Trinajstić information content (AvgIpc) is 3.13. The van der Waals surface area contributed by atoms with Crippen molar-refractivity contribution >= 4 is 0 Å². The van der Waals surface area contributed by atoms with Crippen molar-refractivity contribution in [2.45, 2.75) is 52.4 Å². The molecule has 1 atom stereocenters. The molecule has 0 aliphatic heterocycles. The molecule has 1 heterocycles. The summed E-state index contributed by atoms with van der Waals surface area (Å²) in [5, 5.41) is 15.5. The van der Waals surface area contributed by atoms with Crippen molar-refractivity contribution in [2.75, 3.05) is 26.8 Å². The van der Waals surface area contributed by atoms with Gasteiger partial charge in [-0.25, -0.2) is 4.68 Å². The summed E-state index contributed by atoms with van der Waals surface area (Å²) < 4.78 is 19.3. The van der Waals surface area contributed by atoms with Gasteiger partial charge in [-0.1, -0.05) is 43.3 Å². The van der Waals surface area contributed by atoms with Crippen LogP contribution >= 0.6 is 0 Å². The molecule has 0 saturated heterocycles. The highest BCUT2D eigenvalue weighted by Gasteiger charge is 2.24. The largest absolute Gasteiger partial charge is 0.497 e. The van der Waals surface area contributed by atoms with Gasteiger partial charge in [-0.2, -0.15) is 5.10 Å². The number of benzene rings is 2. The highest BCUT2D eigenvalue weighted by molar-refractivity contribution is 5.65. The van der Waals surface area contributed by atoms with E-state index in [1.807, 2.05) is 70.3 Å². The Balaban J connectivity index is 1.93. The summed E-state index contributed by atoms with van der Waals surface area (Å²) in [5.41, 5.74) is 2.57. The van der Waals surface area contributed by atoms with Crippen LogP contribution in [0.5, 0.6) is 17.4 Å². The Labute approximate surface area is 209 Å². The molecule has 0 radical (unpaired) electrons. The molecular formula is C28H39N3O4. The van der Waals surface area contributed by atoms with E-state index < -0.39 is 6.10 Å². The molecule has 0 aliphatic carbocycles. The van der Waals surface area contributed by atoms with Gasteiger partial charge < -0.3 is 19.3 Å². The van der Waals surface area contributed by atoms with Crippen LogP contribution in [0.3, 0.4) is 0 Å². The van der Waals surface area contributed by atoms with Gasteiger partial charge in [-0.05, 0) is 45.9 Å². The van der Waals surface area contributed by atoms with Crippen molar-refractivity contribution in [1.29, 1.82) is 0 Å². The third-order valence-electron chi connectivity index (χ3n) is 5.49. The molecule has 3 rings (SSSR count). The molecular weight excluding hydrogens is 442 g/mol. The Morgan fingerprint density at radius 1 is 1.06 bits per heavy atom. The summed E-state index contributed by atoms with van der Waals surface area (Å²) in [6.45, 7) is 10.3. The first-order chi connectivity index (χ1) is 16.7. The highest BCUT2D eigenvalue weighted by atomic mass is 16.5. The molecule has 2 aromatic carbocycles. The van der Waals surface area contributed by atoms with E-state index in [1.165, 1.54) is 0 Å². The van der Waals surface area contributed by atoms with E-state index in [0.717, 1.165) is 35.5 Å². The zero-order chi connectivity index (χ0) is 25.4. The van der Waals surface area contributed by atoms with E-state index in [9.17, 15) is 5.11 Å². The van der Waals surface area contributed by atoms with Gasteiger partial charge in [0.15, 0.2) is 0 Å². The van der Waals surface area contributed by atoms with Gasteiger partial charge in [0.1, 0.15) is 17.2 Å². The van der Waals surface area contributed by atoms with E-state index in [-0.39, 0.29) is 12.2 Å². The molecule has 0 bridgehead atoms. The maximum atomic E-state index is 10.7. The van der Waals surface area contributed by atoms with E-state index in [0.29, 0.717) is 24.7 Å². The molecule has 3 aromatic rings. The molecule has 0 saturated carbocycles. The summed E-state index contributed by atoms with van der Waals surface area (Å²) in [7, 11) is 3.53. The zero-order valence-corrected chi connectivity index (χ0v) is 21.8. The lowest BCUT2D eigenvalue weighted by atomic mass is 10.1. The van der Waals surface area contributed by atoms with E-state index in [2.05, 4.69) is 24.0 Å². The first-order valence-electron chi connectivity index (χ1n) is 12.2. The molecule has 35 heavy (non-hydrogen) atoms. The number of aromatic nitrogens is 2. The van der Waals surface area contributed by atoms with Gasteiger partial charge in [-0.3, -0.25) is 4.90 Å². The number of hydrogen-bond acceptors (Lipinski definition) is 6. The highest BCUT2D eigenvalue weighted by Crippen LogP contribution is 2.35. The summed E-state index contributed by atoms with van der Waals surface area (Å²) in [6, 6.07) is 17.7. The molecule has 7 nitrogen and oxygen atoms in total. The Morgan fingerprint density at radius 3 is 2.43 bits per heavy atom. The first kappa shape index (κ1) is 26.7. The Hall–Kier alpha value is -2.87. The van der Waals surface area contributed by atoms with Crippen LogP contribution in [0.2, 0.25) is 0 Å². The van der Waals surface area contributed by atoms with Gasteiger partial charge in [0.2, 0.25) is 5.88 Å². The number of aliphatic hydroxyl groups excluding tert-OH is 1. The van der Waals surface area contributed by atoms with Crippen LogP contribution in [0.1, 0.15) is 39.7 Å². The first-order valence-corrected chi connectivity index (χ1v) is 12.2. The van der Waals surface area contributed by atoms with Crippen LogP contribution in [0.4, 0.5) is 0 Å². The molecule has 0 spiro atoms. The van der Waals surface area contributed by atoms with Crippen molar-refractivity contribution in [3.8, 4) is 28.6 Å². The fraction of sp³-hybridized carbons (Fsp3) is 0.464. The van der Waals surface area contributed by atoms with Crippen LogP contribution in [0, 0.1) is 0 Å². The number of aryl methyl sites for hydroxylation is 1. The number of ether oxygens (including phenoxy) is 3. The van der Waals surface area contributed by atoms with Crippen LogP contribution < -0.4 is 9.47 Å². The minimum Gasteiger partial charge on any atom is -0.497 e. The van der Waals surface area contributed by atoms with E-state index in [1.54, 1.807) is 11.8 Å². The lowest BCUT2D eigenvalue weighted by molar-refractivity contribution is -0.0566. The smallest absolute Gasteiger partial charge is 0.222 e. The van der Waals surface area contributed by atoms with Crippen molar-refractivity contribution in [2.24, 2.45) is 7.05 Å². The predicted octanol–water partition coefficient (Wildman–Crippen LogP) is 5.28. The molecule has 0 amide bonds. The zero-order valence-electron chi connectivity index (χ0n) is 21.8. The molecule has 190 valence electrons. The lowest BCUT2D eigenvalue weighted by Gasteiger charge is -2.27. The third-order valence-corrected chi connectivity index (χ3v) is 5.49. The normalized spacial score (nSPS) is 12.7. The maximum Gasteiger partial charge on any atom is 0.222 e.